The minimum absolute atomic E-state index is 0.0883. The summed E-state index contributed by atoms with van der Waals surface area (Å²) in [5, 5.41) is 12.7. The van der Waals surface area contributed by atoms with Crippen LogP contribution in [-0.2, 0) is 0 Å². The minimum Gasteiger partial charge on any atom is -0.478 e. The maximum atomic E-state index is 12.3. The van der Waals surface area contributed by atoms with Crippen molar-refractivity contribution >= 4 is 34.9 Å². The number of carboxylic acids is 1. The highest BCUT2D eigenvalue weighted by Crippen LogP contribution is 2.26. The Morgan fingerprint density at radius 1 is 1.00 bits per heavy atom. The third-order valence-electron chi connectivity index (χ3n) is 4.31. The van der Waals surface area contributed by atoms with Gasteiger partial charge in [0.05, 0.1) is 11.3 Å². The van der Waals surface area contributed by atoms with Crippen LogP contribution in [0.5, 0.6) is 0 Å². The number of carbonyl (C=O) groups is 2. The van der Waals surface area contributed by atoms with Gasteiger partial charge in [0.2, 0.25) is 0 Å². The first-order chi connectivity index (χ1) is 12.0. The maximum Gasteiger partial charge on any atom is 0.337 e. The summed E-state index contributed by atoms with van der Waals surface area (Å²) in [4.78, 5) is 26.1. The van der Waals surface area contributed by atoms with E-state index in [4.69, 9.17) is 11.6 Å². The van der Waals surface area contributed by atoms with E-state index in [1.165, 1.54) is 6.42 Å². The number of rotatable bonds is 4. The summed E-state index contributed by atoms with van der Waals surface area (Å²) in [5.41, 5.74) is 1.67. The molecular formula is C19H19ClN2O3. The predicted molar refractivity (Wildman–Crippen MR) is 98.9 cm³/mol. The highest BCUT2D eigenvalue weighted by atomic mass is 35.5. The van der Waals surface area contributed by atoms with E-state index in [-0.39, 0.29) is 17.2 Å². The molecule has 1 saturated heterocycles. The molecule has 3 rings (SSSR count). The van der Waals surface area contributed by atoms with Gasteiger partial charge in [-0.1, -0.05) is 11.6 Å². The Hall–Kier alpha value is -2.53. The van der Waals surface area contributed by atoms with Gasteiger partial charge in [0, 0.05) is 29.4 Å². The molecule has 1 amide bonds. The molecule has 1 fully saturated rings. The monoisotopic (exact) mass is 358 g/mol. The van der Waals surface area contributed by atoms with E-state index >= 15 is 0 Å². The van der Waals surface area contributed by atoms with Crippen molar-refractivity contribution in [3.05, 3.63) is 58.6 Å². The summed E-state index contributed by atoms with van der Waals surface area (Å²) in [7, 11) is 0. The first kappa shape index (κ1) is 17.3. The van der Waals surface area contributed by atoms with E-state index < -0.39 is 5.97 Å². The highest BCUT2D eigenvalue weighted by molar-refractivity contribution is 6.30. The Bertz CT molecular complexity index is 784. The molecule has 1 heterocycles. The number of hydrogen-bond donors (Lipinski definition) is 2. The molecule has 2 aromatic rings. The molecule has 6 heteroatoms. The third-order valence-corrected chi connectivity index (χ3v) is 4.56. The lowest BCUT2D eigenvalue weighted by atomic mass is 10.1. The topological polar surface area (TPSA) is 69.6 Å². The van der Waals surface area contributed by atoms with Crippen LogP contribution in [0.2, 0.25) is 5.02 Å². The van der Waals surface area contributed by atoms with Crippen molar-refractivity contribution in [2.75, 3.05) is 23.3 Å². The van der Waals surface area contributed by atoms with Crippen molar-refractivity contribution in [1.82, 2.24) is 0 Å². The van der Waals surface area contributed by atoms with Gasteiger partial charge in [0.1, 0.15) is 0 Å². The summed E-state index contributed by atoms with van der Waals surface area (Å²) >= 11 is 5.82. The Morgan fingerprint density at radius 3 is 2.32 bits per heavy atom. The Kier molecular flexibility index (Phi) is 5.24. The summed E-state index contributed by atoms with van der Waals surface area (Å²) < 4.78 is 0. The zero-order chi connectivity index (χ0) is 17.8. The van der Waals surface area contributed by atoms with Crippen molar-refractivity contribution in [2.45, 2.75) is 19.3 Å². The zero-order valence-electron chi connectivity index (χ0n) is 13.7. The number of halogens is 1. The molecule has 0 atom stereocenters. The van der Waals surface area contributed by atoms with E-state index in [0.29, 0.717) is 10.6 Å². The summed E-state index contributed by atoms with van der Waals surface area (Å²) in [6, 6.07) is 11.6. The quantitative estimate of drug-likeness (QED) is 0.855. The van der Waals surface area contributed by atoms with Crippen molar-refractivity contribution in [3.63, 3.8) is 0 Å². The van der Waals surface area contributed by atoms with E-state index in [1.54, 1.807) is 36.4 Å². The number of carbonyl (C=O) groups excluding carboxylic acids is 1. The third kappa shape index (κ3) is 4.12. The number of nitrogens with one attached hydrogen (secondary N) is 1. The minimum atomic E-state index is -1.06. The van der Waals surface area contributed by atoms with Gasteiger partial charge in [-0.15, -0.1) is 0 Å². The second kappa shape index (κ2) is 7.57. The maximum absolute atomic E-state index is 12.3. The van der Waals surface area contributed by atoms with Gasteiger partial charge in [-0.05, 0) is 61.7 Å². The lowest BCUT2D eigenvalue weighted by molar-refractivity contribution is 0.0698. The van der Waals surface area contributed by atoms with Crippen molar-refractivity contribution in [1.29, 1.82) is 0 Å². The number of benzene rings is 2. The van der Waals surface area contributed by atoms with Crippen LogP contribution in [0.4, 0.5) is 11.4 Å². The lowest BCUT2D eigenvalue weighted by Gasteiger charge is -2.29. The van der Waals surface area contributed by atoms with Crippen LogP contribution in [0, 0.1) is 0 Å². The van der Waals surface area contributed by atoms with Crippen molar-refractivity contribution in [2.24, 2.45) is 0 Å². The molecule has 0 spiro atoms. The first-order valence-electron chi connectivity index (χ1n) is 8.24. The van der Waals surface area contributed by atoms with Gasteiger partial charge < -0.3 is 15.3 Å². The first-order valence-corrected chi connectivity index (χ1v) is 8.61. The molecule has 1 aliphatic rings. The van der Waals surface area contributed by atoms with Gasteiger partial charge >= 0.3 is 5.97 Å². The second-order valence-corrected chi connectivity index (χ2v) is 6.48. The molecule has 1 aliphatic heterocycles. The average molecular weight is 359 g/mol. The van der Waals surface area contributed by atoms with Crippen LogP contribution in [0.25, 0.3) is 0 Å². The fourth-order valence-corrected chi connectivity index (χ4v) is 3.09. The normalized spacial score (nSPS) is 14.2. The number of hydrogen-bond acceptors (Lipinski definition) is 3. The van der Waals surface area contributed by atoms with Crippen molar-refractivity contribution < 1.29 is 14.7 Å². The average Bonchev–Trinajstić information content (AvgIpc) is 2.63. The van der Waals surface area contributed by atoms with E-state index in [9.17, 15) is 14.7 Å². The van der Waals surface area contributed by atoms with E-state index in [0.717, 1.165) is 31.6 Å². The van der Waals surface area contributed by atoms with E-state index in [1.807, 2.05) is 6.07 Å². The summed E-state index contributed by atoms with van der Waals surface area (Å²) in [6.07, 6.45) is 3.42. The predicted octanol–water partition coefficient (Wildman–Crippen LogP) is 4.28. The molecule has 130 valence electrons. The number of piperidine rings is 1. The molecular weight excluding hydrogens is 340 g/mol. The molecule has 0 unspecified atom stereocenters. The van der Waals surface area contributed by atoms with Gasteiger partial charge in [-0.3, -0.25) is 4.79 Å². The van der Waals surface area contributed by atoms with Gasteiger partial charge in [-0.2, -0.15) is 0 Å². The molecule has 5 nitrogen and oxygen atoms in total. The lowest BCUT2D eigenvalue weighted by Crippen LogP contribution is -2.29. The SMILES string of the molecule is O=C(Nc1ccc(N2CCCCC2)cc1C(=O)O)c1ccc(Cl)cc1. The molecule has 25 heavy (non-hydrogen) atoms. The largest absolute Gasteiger partial charge is 0.478 e. The molecule has 2 N–H and O–H groups in total. The number of carboxylic acid groups (broad SMARTS) is 1. The molecule has 0 aromatic heterocycles. The molecule has 0 bridgehead atoms. The standard InChI is InChI=1S/C19H19ClN2O3/c20-14-6-4-13(5-7-14)18(23)21-17-9-8-15(12-16(17)19(24)25)22-10-2-1-3-11-22/h4-9,12H,1-3,10-11H2,(H,21,23)(H,24,25). The number of anilines is 2. The van der Waals surface area contributed by atoms with E-state index in [2.05, 4.69) is 10.2 Å². The van der Waals surface area contributed by atoms with Gasteiger partial charge in [-0.25, -0.2) is 4.79 Å². The molecule has 0 radical (unpaired) electrons. The Balaban J connectivity index is 1.83. The van der Waals surface area contributed by atoms with Crippen LogP contribution in [-0.4, -0.2) is 30.1 Å². The van der Waals surface area contributed by atoms with Crippen LogP contribution < -0.4 is 10.2 Å². The van der Waals surface area contributed by atoms with Crippen molar-refractivity contribution in [3.8, 4) is 0 Å². The number of nitrogens with zero attached hydrogens (tertiary/aromatic N) is 1. The number of aromatic carboxylic acids is 1. The van der Waals surface area contributed by atoms with Crippen LogP contribution in [0.3, 0.4) is 0 Å². The van der Waals surface area contributed by atoms with Crippen LogP contribution >= 0.6 is 11.6 Å². The summed E-state index contributed by atoms with van der Waals surface area (Å²) in [5.74, 6) is -1.44. The smallest absolute Gasteiger partial charge is 0.337 e. The Labute approximate surface area is 151 Å². The fourth-order valence-electron chi connectivity index (χ4n) is 2.96. The van der Waals surface area contributed by atoms with Gasteiger partial charge in [0.25, 0.3) is 5.91 Å². The highest BCUT2D eigenvalue weighted by Gasteiger charge is 2.17. The fraction of sp³-hybridized carbons (Fsp3) is 0.263. The number of amides is 1. The molecule has 2 aromatic carbocycles. The van der Waals surface area contributed by atoms with Gasteiger partial charge in [0.15, 0.2) is 0 Å². The molecule has 0 saturated carbocycles. The zero-order valence-corrected chi connectivity index (χ0v) is 14.4. The molecule has 0 aliphatic carbocycles. The van der Waals surface area contributed by atoms with Crippen LogP contribution in [0.15, 0.2) is 42.5 Å². The second-order valence-electron chi connectivity index (χ2n) is 6.04. The summed E-state index contributed by atoms with van der Waals surface area (Å²) in [6.45, 7) is 1.85. The van der Waals surface area contributed by atoms with Crippen LogP contribution in [0.1, 0.15) is 40.0 Å². The Morgan fingerprint density at radius 2 is 1.68 bits per heavy atom.